The van der Waals surface area contributed by atoms with E-state index in [1.807, 2.05) is 0 Å². The molecule has 0 fully saturated rings. The summed E-state index contributed by atoms with van der Waals surface area (Å²) in [7, 11) is -2.31. The summed E-state index contributed by atoms with van der Waals surface area (Å²) in [6.07, 6.45) is 0.377. The number of nitrogens with two attached hydrogens (primary N) is 1. The first kappa shape index (κ1) is 16.7. The molecule has 0 amide bonds. The van der Waals surface area contributed by atoms with Gasteiger partial charge in [-0.05, 0) is 38.5 Å². The van der Waals surface area contributed by atoms with Crippen LogP contribution in [0.1, 0.15) is 20.3 Å². The standard InChI is InChI=1S/C13H22N2O4S/c1-10(2)15(7-4-8-16)20(17,18)13-9-11(14)5-6-12(13)19-3/h5-6,9-10,16H,4,7-8,14H2,1-3H3. The van der Waals surface area contributed by atoms with Gasteiger partial charge < -0.3 is 15.6 Å². The minimum Gasteiger partial charge on any atom is -0.495 e. The molecule has 0 bridgehead atoms. The topological polar surface area (TPSA) is 92.9 Å². The van der Waals surface area contributed by atoms with Crippen molar-refractivity contribution in [2.75, 3.05) is 26.0 Å². The number of rotatable bonds is 7. The van der Waals surface area contributed by atoms with Crippen LogP contribution < -0.4 is 10.5 Å². The van der Waals surface area contributed by atoms with E-state index in [9.17, 15) is 8.42 Å². The van der Waals surface area contributed by atoms with E-state index in [-0.39, 0.29) is 29.8 Å². The van der Waals surface area contributed by atoms with Gasteiger partial charge in [0.15, 0.2) is 0 Å². The van der Waals surface area contributed by atoms with E-state index < -0.39 is 10.0 Å². The number of hydrogen-bond donors (Lipinski definition) is 2. The van der Waals surface area contributed by atoms with Crippen molar-refractivity contribution in [3.63, 3.8) is 0 Å². The average Bonchev–Trinajstić information content (AvgIpc) is 2.38. The van der Waals surface area contributed by atoms with Gasteiger partial charge in [0.2, 0.25) is 10.0 Å². The van der Waals surface area contributed by atoms with Gasteiger partial charge in [-0.1, -0.05) is 0 Å². The predicted molar refractivity (Wildman–Crippen MR) is 78.1 cm³/mol. The second-order valence-corrected chi connectivity index (χ2v) is 6.56. The Labute approximate surface area is 120 Å². The normalized spacial score (nSPS) is 12.1. The monoisotopic (exact) mass is 302 g/mol. The number of nitrogen functional groups attached to an aromatic ring is 1. The molecule has 0 aliphatic heterocycles. The zero-order chi connectivity index (χ0) is 15.3. The Balaban J connectivity index is 3.28. The van der Waals surface area contributed by atoms with Gasteiger partial charge in [0, 0.05) is 24.9 Å². The molecule has 0 saturated carbocycles. The van der Waals surface area contributed by atoms with Gasteiger partial charge in [0.1, 0.15) is 10.6 Å². The Kier molecular flexibility index (Phi) is 5.79. The molecular formula is C13H22N2O4S. The van der Waals surface area contributed by atoms with Crippen LogP contribution in [0.15, 0.2) is 23.1 Å². The highest BCUT2D eigenvalue weighted by molar-refractivity contribution is 7.89. The van der Waals surface area contributed by atoms with E-state index >= 15 is 0 Å². The van der Waals surface area contributed by atoms with Crippen LogP contribution in [0.5, 0.6) is 5.75 Å². The minimum atomic E-state index is -3.72. The third kappa shape index (κ3) is 3.62. The van der Waals surface area contributed by atoms with Crippen molar-refractivity contribution >= 4 is 15.7 Å². The summed E-state index contributed by atoms with van der Waals surface area (Å²) < 4.78 is 31.9. The fourth-order valence-corrected chi connectivity index (χ4v) is 3.77. The highest BCUT2D eigenvalue weighted by atomic mass is 32.2. The number of sulfonamides is 1. The van der Waals surface area contributed by atoms with Crippen molar-refractivity contribution in [1.82, 2.24) is 4.31 Å². The maximum absolute atomic E-state index is 12.7. The maximum Gasteiger partial charge on any atom is 0.247 e. The molecule has 0 aliphatic rings. The van der Waals surface area contributed by atoms with Crippen LogP contribution in [0.4, 0.5) is 5.69 Å². The molecule has 7 heteroatoms. The molecule has 20 heavy (non-hydrogen) atoms. The third-order valence-corrected chi connectivity index (χ3v) is 4.98. The fourth-order valence-electron chi connectivity index (χ4n) is 1.90. The van der Waals surface area contributed by atoms with Crippen LogP contribution in [0, 0.1) is 0 Å². The number of nitrogens with zero attached hydrogens (tertiary/aromatic N) is 1. The van der Waals surface area contributed by atoms with Gasteiger partial charge in [-0.3, -0.25) is 0 Å². The molecule has 1 aromatic rings. The fraction of sp³-hybridized carbons (Fsp3) is 0.538. The maximum atomic E-state index is 12.7. The van der Waals surface area contributed by atoms with Crippen LogP contribution in [-0.4, -0.2) is 44.1 Å². The lowest BCUT2D eigenvalue weighted by atomic mass is 10.3. The molecule has 1 rings (SSSR count). The van der Waals surface area contributed by atoms with E-state index in [2.05, 4.69) is 0 Å². The average molecular weight is 302 g/mol. The highest BCUT2D eigenvalue weighted by Gasteiger charge is 2.29. The third-order valence-electron chi connectivity index (χ3n) is 2.89. The van der Waals surface area contributed by atoms with E-state index in [0.29, 0.717) is 12.1 Å². The molecule has 6 nitrogen and oxygen atoms in total. The second kappa shape index (κ2) is 6.92. The van der Waals surface area contributed by atoms with Crippen LogP contribution in [-0.2, 0) is 10.0 Å². The summed E-state index contributed by atoms with van der Waals surface area (Å²) in [5.74, 6) is 0.258. The zero-order valence-electron chi connectivity index (χ0n) is 12.0. The van der Waals surface area contributed by atoms with Crippen molar-refractivity contribution in [3.05, 3.63) is 18.2 Å². The molecular weight excluding hydrogens is 280 g/mol. The van der Waals surface area contributed by atoms with Crippen LogP contribution in [0.3, 0.4) is 0 Å². The summed E-state index contributed by atoms with van der Waals surface area (Å²) in [6.45, 7) is 3.75. The van der Waals surface area contributed by atoms with Crippen molar-refractivity contribution in [1.29, 1.82) is 0 Å². The van der Waals surface area contributed by atoms with Crippen LogP contribution in [0.25, 0.3) is 0 Å². The Morgan fingerprint density at radius 2 is 2.05 bits per heavy atom. The SMILES string of the molecule is COc1ccc(N)cc1S(=O)(=O)N(CCCO)C(C)C. The number of benzene rings is 1. The Morgan fingerprint density at radius 1 is 1.40 bits per heavy atom. The first-order valence-corrected chi connectivity index (χ1v) is 7.84. The number of ether oxygens (including phenoxy) is 1. The minimum absolute atomic E-state index is 0.0478. The van der Waals surface area contributed by atoms with Gasteiger partial charge in [0.25, 0.3) is 0 Å². The number of aliphatic hydroxyl groups excluding tert-OH is 1. The van der Waals surface area contributed by atoms with Crippen molar-refractivity contribution in [3.8, 4) is 5.75 Å². The lowest BCUT2D eigenvalue weighted by molar-refractivity contribution is 0.258. The van der Waals surface area contributed by atoms with Gasteiger partial charge in [-0.25, -0.2) is 8.42 Å². The van der Waals surface area contributed by atoms with E-state index in [1.54, 1.807) is 19.9 Å². The molecule has 3 N–H and O–H groups in total. The number of anilines is 1. The van der Waals surface area contributed by atoms with E-state index in [1.165, 1.54) is 23.5 Å². The first-order valence-electron chi connectivity index (χ1n) is 6.40. The molecule has 114 valence electrons. The largest absolute Gasteiger partial charge is 0.495 e. The molecule has 0 saturated heterocycles. The second-order valence-electron chi connectivity index (χ2n) is 4.70. The number of hydrogen-bond acceptors (Lipinski definition) is 5. The smallest absolute Gasteiger partial charge is 0.247 e. The summed E-state index contributed by atoms with van der Waals surface area (Å²) >= 11 is 0. The summed E-state index contributed by atoms with van der Waals surface area (Å²) in [5.41, 5.74) is 6.03. The van der Waals surface area contributed by atoms with Crippen LogP contribution >= 0.6 is 0 Å². The molecule has 0 radical (unpaired) electrons. The molecule has 1 aromatic carbocycles. The molecule has 0 aromatic heterocycles. The summed E-state index contributed by atoms with van der Waals surface area (Å²) in [5, 5.41) is 8.91. The van der Waals surface area contributed by atoms with Crippen molar-refractivity contribution < 1.29 is 18.3 Å². The van der Waals surface area contributed by atoms with Crippen LogP contribution in [0.2, 0.25) is 0 Å². The highest BCUT2D eigenvalue weighted by Crippen LogP contribution is 2.29. The Morgan fingerprint density at radius 3 is 2.55 bits per heavy atom. The molecule has 0 heterocycles. The number of methoxy groups -OCH3 is 1. The van der Waals surface area contributed by atoms with E-state index in [0.717, 1.165) is 0 Å². The van der Waals surface area contributed by atoms with Crippen molar-refractivity contribution in [2.45, 2.75) is 31.2 Å². The van der Waals surface area contributed by atoms with Crippen molar-refractivity contribution in [2.24, 2.45) is 0 Å². The molecule has 0 unspecified atom stereocenters. The van der Waals surface area contributed by atoms with Gasteiger partial charge in [-0.2, -0.15) is 4.31 Å². The predicted octanol–water partition coefficient (Wildman–Crippen LogP) is 1.06. The number of aliphatic hydroxyl groups is 1. The Bertz CT molecular complexity index is 543. The lowest BCUT2D eigenvalue weighted by Gasteiger charge is -2.26. The molecule has 0 spiro atoms. The quantitative estimate of drug-likeness (QED) is 0.735. The van der Waals surface area contributed by atoms with E-state index in [4.69, 9.17) is 15.6 Å². The summed E-state index contributed by atoms with van der Waals surface area (Å²) in [4.78, 5) is 0.0478. The zero-order valence-corrected chi connectivity index (χ0v) is 12.9. The van der Waals surface area contributed by atoms with Gasteiger partial charge in [0.05, 0.1) is 7.11 Å². The molecule has 0 atom stereocenters. The molecule has 0 aliphatic carbocycles. The Hall–Kier alpha value is -1.31. The first-order chi connectivity index (χ1) is 9.34. The summed E-state index contributed by atoms with van der Waals surface area (Å²) in [6, 6.07) is 4.29. The van der Waals surface area contributed by atoms with Gasteiger partial charge >= 0.3 is 0 Å². The lowest BCUT2D eigenvalue weighted by Crippen LogP contribution is -2.38. The van der Waals surface area contributed by atoms with Gasteiger partial charge in [-0.15, -0.1) is 0 Å².